The predicted molar refractivity (Wildman–Crippen MR) is 148 cm³/mol. The van der Waals surface area contributed by atoms with Crippen molar-refractivity contribution in [2.45, 2.75) is 13.8 Å². The summed E-state index contributed by atoms with van der Waals surface area (Å²) in [6.45, 7) is 4.08. The number of hydrogen-bond donors (Lipinski definition) is 2. The van der Waals surface area contributed by atoms with Gasteiger partial charge >= 0.3 is 0 Å². The van der Waals surface area contributed by atoms with Gasteiger partial charge in [-0.3, -0.25) is 0 Å². The fraction of sp³-hybridized carbons (Fsp3) is 0.0645. The van der Waals surface area contributed by atoms with Crippen LogP contribution in [-0.2, 0) is 0 Å². The van der Waals surface area contributed by atoms with Gasteiger partial charge in [0.2, 0.25) is 0 Å². The first-order valence-electron chi connectivity index (χ1n) is 11.8. The second-order valence-corrected chi connectivity index (χ2v) is 9.50. The molecule has 6 rings (SSSR count). The number of aromatic amines is 2. The highest BCUT2D eigenvalue weighted by molar-refractivity contribution is 6.30. The molecule has 0 amide bonds. The van der Waals surface area contributed by atoms with E-state index >= 15 is 0 Å². The van der Waals surface area contributed by atoms with Crippen molar-refractivity contribution in [3.63, 3.8) is 0 Å². The fourth-order valence-electron chi connectivity index (χ4n) is 5.21. The summed E-state index contributed by atoms with van der Waals surface area (Å²) in [6.07, 6.45) is 3.78. The molecule has 0 radical (unpaired) electrons. The first-order valence-corrected chi connectivity index (χ1v) is 12.2. The molecule has 0 fully saturated rings. The van der Waals surface area contributed by atoms with Gasteiger partial charge in [0, 0.05) is 55.9 Å². The number of aryl methyl sites for hydroxylation is 2. The van der Waals surface area contributed by atoms with Crippen molar-refractivity contribution in [1.82, 2.24) is 15.0 Å². The van der Waals surface area contributed by atoms with E-state index in [-0.39, 0.29) is 0 Å². The van der Waals surface area contributed by atoms with Crippen molar-refractivity contribution in [3.05, 3.63) is 100 Å². The summed E-state index contributed by atoms with van der Waals surface area (Å²) in [4.78, 5) is 11.7. The molecule has 0 bridgehead atoms. The number of pyridine rings is 1. The number of aromatic nitrogens is 3. The SMILES string of the molecule is Cc1cccc2[nH]cc(-c3nc(-c4c[nH]c5cccc(C)c45)c(C#N)c(-c4ccc(Cl)cc4)c3C#N)c12. The van der Waals surface area contributed by atoms with Gasteiger partial charge in [0.05, 0.1) is 22.5 Å². The minimum atomic E-state index is 0.350. The molecule has 3 heterocycles. The van der Waals surface area contributed by atoms with Crippen LogP contribution in [0.15, 0.2) is 73.1 Å². The second-order valence-electron chi connectivity index (χ2n) is 9.06. The molecule has 3 aromatic carbocycles. The Kier molecular flexibility index (Phi) is 5.30. The van der Waals surface area contributed by atoms with Gasteiger partial charge in [0.1, 0.15) is 12.1 Å². The van der Waals surface area contributed by atoms with Crippen LogP contribution in [0, 0.1) is 36.5 Å². The number of nitriles is 2. The van der Waals surface area contributed by atoms with Crippen LogP contribution < -0.4 is 0 Å². The number of benzene rings is 3. The monoisotopic (exact) mass is 497 g/mol. The van der Waals surface area contributed by atoms with Crippen molar-refractivity contribution < 1.29 is 0 Å². The largest absolute Gasteiger partial charge is 0.360 e. The summed E-state index contributed by atoms with van der Waals surface area (Å²) in [7, 11) is 0. The van der Waals surface area contributed by atoms with Crippen molar-refractivity contribution in [1.29, 1.82) is 10.5 Å². The summed E-state index contributed by atoms with van der Waals surface area (Å²) in [5.41, 5.74) is 8.75. The molecule has 6 heteroatoms. The summed E-state index contributed by atoms with van der Waals surface area (Å²) < 4.78 is 0. The van der Waals surface area contributed by atoms with E-state index in [1.54, 1.807) is 12.1 Å². The minimum absolute atomic E-state index is 0.350. The number of nitrogens with one attached hydrogen (secondary N) is 2. The van der Waals surface area contributed by atoms with E-state index in [4.69, 9.17) is 16.6 Å². The maximum absolute atomic E-state index is 10.5. The summed E-state index contributed by atoms with van der Waals surface area (Å²) in [5, 5.41) is 23.5. The average Bonchev–Trinajstić information content (AvgIpc) is 3.54. The number of hydrogen-bond acceptors (Lipinski definition) is 3. The Morgan fingerprint density at radius 2 is 1.19 bits per heavy atom. The zero-order valence-electron chi connectivity index (χ0n) is 20.1. The minimum Gasteiger partial charge on any atom is -0.360 e. The Morgan fingerprint density at radius 1 is 0.703 bits per heavy atom. The highest BCUT2D eigenvalue weighted by atomic mass is 35.5. The number of fused-ring (bicyclic) bond motifs is 2. The summed E-state index contributed by atoms with van der Waals surface area (Å²) >= 11 is 6.19. The molecular formula is C31H20ClN5. The molecule has 0 aliphatic heterocycles. The van der Waals surface area contributed by atoms with Gasteiger partial charge in [-0.15, -0.1) is 0 Å². The Morgan fingerprint density at radius 3 is 1.65 bits per heavy atom. The first-order chi connectivity index (χ1) is 18.0. The quantitative estimate of drug-likeness (QED) is 0.259. The highest BCUT2D eigenvalue weighted by Crippen LogP contribution is 2.42. The molecule has 6 aromatic rings. The van der Waals surface area contributed by atoms with Gasteiger partial charge in [0.15, 0.2) is 0 Å². The van der Waals surface area contributed by atoms with Crippen LogP contribution in [0.4, 0.5) is 0 Å². The maximum atomic E-state index is 10.5. The molecule has 2 N–H and O–H groups in total. The summed E-state index contributed by atoms with van der Waals surface area (Å²) in [5.74, 6) is 0. The van der Waals surface area contributed by atoms with E-state index in [1.807, 2.05) is 74.8 Å². The van der Waals surface area contributed by atoms with E-state index in [0.717, 1.165) is 49.6 Å². The fourth-order valence-corrected chi connectivity index (χ4v) is 5.33. The normalized spacial score (nSPS) is 11.1. The van der Waals surface area contributed by atoms with Gasteiger partial charge in [-0.05, 0) is 54.8 Å². The molecule has 0 saturated carbocycles. The molecule has 0 spiro atoms. The average molecular weight is 498 g/mol. The molecule has 5 nitrogen and oxygen atoms in total. The molecule has 0 aliphatic rings. The van der Waals surface area contributed by atoms with E-state index < -0.39 is 0 Å². The van der Waals surface area contributed by atoms with Gasteiger partial charge in [-0.25, -0.2) is 4.98 Å². The van der Waals surface area contributed by atoms with Crippen LogP contribution in [-0.4, -0.2) is 15.0 Å². The Labute approximate surface area is 218 Å². The zero-order chi connectivity index (χ0) is 25.7. The molecule has 0 aliphatic carbocycles. The molecular weight excluding hydrogens is 478 g/mol. The molecule has 176 valence electrons. The van der Waals surface area contributed by atoms with Crippen LogP contribution >= 0.6 is 11.6 Å². The zero-order valence-corrected chi connectivity index (χ0v) is 20.9. The topological polar surface area (TPSA) is 92.0 Å². The van der Waals surface area contributed by atoms with Crippen molar-refractivity contribution in [3.8, 4) is 45.8 Å². The third kappa shape index (κ3) is 3.49. The molecule has 0 atom stereocenters. The van der Waals surface area contributed by atoms with Crippen LogP contribution in [0.2, 0.25) is 5.02 Å². The van der Waals surface area contributed by atoms with E-state index in [0.29, 0.717) is 33.1 Å². The summed E-state index contributed by atoms with van der Waals surface area (Å²) in [6, 6.07) is 24.1. The van der Waals surface area contributed by atoms with E-state index in [9.17, 15) is 10.5 Å². The van der Waals surface area contributed by atoms with Crippen LogP contribution in [0.5, 0.6) is 0 Å². The molecule has 0 unspecified atom stereocenters. The lowest BCUT2D eigenvalue weighted by Gasteiger charge is -2.16. The molecule has 3 aromatic heterocycles. The van der Waals surface area contributed by atoms with E-state index in [2.05, 4.69) is 22.1 Å². The third-order valence-corrected chi connectivity index (χ3v) is 7.14. The standard InChI is InChI=1S/C31H20ClN5/c1-17-5-3-7-25-27(17)23(15-35-25)30-21(13-33)29(19-9-11-20(32)12-10-19)22(14-34)31(37-30)24-16-36-26-8-4-6-18(2)28(24)26/h3-12,15-16,35-36H,1-2H3. The number of rotatable bonds is 3. The Hall–Kier alpha value is -4.84. The van der Waals surface area contributed by atoms with Crippen LogP contribution in [0.1, 0.15) is 22.3 Å². The van der Waals surface area contributed by atoms with Crippen molar-refractivity contribution in [2.24, 2.45) is 0 Å². The van der Waals surface area contributed by atoms with Gasteiger partial charge < -0.3 is 9.97 Å². The third-order valence-electron chi connectivity index (χ3n) is 6.89. The molecule has 0 saturated heterocycles. The number of halogens is 1. The number of nitrogens with zero attached hydrogens (tertiary/aromatic N) is 3. The predicted octanol–water partition coefficient (Wildman–Crippen LogP) is 8.06. The van der Waals surface area contributed by atoms with Crippen LogP contribution in [0.3, 0.4) is 0 Å². The number of H-pyrrole nitrogens is 2. The van der Waals surface area contributed by atoms with Crippen LogP contribution in [0.25, 0.3) is 55.4 Å². The Bertz CT molecular complexity index is 1810. The highest BCUT2D eigenvalue weighted by Gasteiger charge is 2.26. The Balaban J connectivity index is 1.80. The lowest BCUT2D eigenvalue weighted by molar-refractivity contribution is 1.28. The smallest absolute Gasteiger partial charge is 0.102 e. The molecule has 37 heavy (non-hydrogen) atoms. The maximum Gasteiger partial charge on any atom is 0.102 e. The second kappa shape index (κ2) is 8.68. The lowest BCUT2D eigenvalue weighted by Crippen LogP contribution is -2.02. The van der Waals surface area contributed by atoms with Gasteiger partial charge in [0.25, 0.3) is 0 Å². The van der Waals surface area contributed by atoms with E-state index in [1.165, 1.54) is 0 Å². The van der Waals surface area contributed by atoms with Crippen molar-refractivity contribution >= 4 is 33.4 Å². The lowest BCUT2D eigenvalue weighted by atomic mass is 9.89. The van der Waals surface area contributed by atoms with Crippen molar-refractivity contribution in [2.75, 3.05) is 0 Å². The first kappa shape index (κ1) is 22.6. The van der Waals surface area contributed by atoms with Gasteiger partial charge in [-0.1, -0.05) is 48.0 Å². The van der Waals surface area contributed by atoms with Gasteiger partial charge in [-0.2, -0.15) is 10.5 Å².